The molecule has 0 aliphatic carbocycles. The van der Waals surface area contributed by atoms with Crippen molar-refractivity contribution in [3.05, 3.63) is 29.0 Å². The molecule has 10 atom stereocenters. The monoisotopic (exact) mass is 854 g/mol. The molecule has 6 rings (SSSR count). The van der Waals surface area contributed by atoms with Gasteiger partial charge in [-0.1, -0.05) is 41.0 Å². The molecule has 2 aromatic carbocycles. The third kappa shape index (κ3) is 9.57. The highest BCUT2D eigenvalue weighted by atomic mass is 16.7. The van der Waals surface area contributed by atoms with E-state index in [-0.39, 0.29) is 44.8 Å². The first-order chi connectivity index (χ1) is 28.6. The average molecular weight is 855 g/mol. The lowest BCUT2D eigenvalue weighted by atomic mass is 9.77. The molecule has 6 N–H and O–H groups in total. The lowest BCUT2D eigenvalue weighted by Crippen LogP contribution is -2.46. The van der Waals surface area contributed by atoms with E-state index in [0.717, 1.165) is 13.1 Å². The fraction of sp³-hybridized carbons (Fsp3) is 0.644. The number of aromatic hydroxyl groups is 3. The number of phenolic OH excluding ortho intramolecular Hbond substituents is 3. The number of nitrogens with one attached hydrogen (secondary N) is 1. The van der Waals surface area contributed by atoms with Crippen LogP contribution in [0.3, 0.4) is 0 Å². The van der Waals surface area contributed by atoms with Crippen LogP contribution in [0.15, 0.2) is 17.4 Å². The summed E-state index contributed by atoms with van der Waals surface area (Å²) in [5, 5.41) is 67.6. The van der Waals surface area contributed by atoms with Crippen LogP contribution >= 0.6 is 0 Å². The molecule has 5 bridgehead atoms. The van der Waals surface area contributed by atoms with E-state index in [0.29, 0.717) is 38.4 Å². The second kappa shape index (κ2) is 19.2. The van der Waals surface area contributed by atoms with Crippen molar-refractivity contribution in [2.75, 3.05) is 38.6 Å². The topological polar surface area (TPSA) is 220 Å². The van der Waals surface area contributed by atoms with Gasteiger partial charge in [-0.25, -0.2) is 0 Å². The van der Waals surface area contributed by atoms with Gasteiger partial charge in [-0.15, -0.1) is 0 Å². The van der Waals surface area contributed by atoms with Crippen LogP contribution in [0.2, 0.25) is 0 Å². The van der Waals surface area contributed by atoms with E-state index in [1.165, 1.54) is 46.4 Å². The van der Waals surface area contributed by atoms with E-state index < -0.39 is 88.8 Å². The number of hydrogen-bond donors (Lipinski definition) is 6. The Hall–Kier alpha value is -4.64. The predicted octanol–water partition coefficient (Wildman–Crippen LogP) is 5.42. The van der Waals surface area contributed by atoms with Crippen LogP contribution in [-0.2, 0) is 23.8 Å². The first-order valence-corrected chi connectivity index (χ1v) is 21.4. The number of fused-ring (bicyclic) bond motifs is 16. The third-order valence-electron chi connectivity index (χ3n) is 13.1. The molecule has 0 aromatic heterocycles. The fourth-order valence-corrected chi connectivity index (χ4v) is 8.91. The number of Topliss-reactive ketones (excluding diaryl/α,β-unsaturated/α-hetero) is 1. The van der Waals surface area contributed by atoms with E-state index in [4.69, 9.17) is 18.9 Å². The Labute approximate surface area is 358 Å². The SMILES string of the molecule is CO[C@H]1/C=C/O[C@@]2(C)Oc3c(C)c(O)c4c(O)c(c(/C=N/N5CCN(C(C)C)CC5)c(O)c4c3C2=O)NC(=O)C(C)CCC[C@@H](C)[C@@H](O)[C@@H](C)[C@H](O)[C@H](C)[C@H](OC(C)=O)[C@@H]1C. The summed E-state index contributed by atoms with van der Waals surface area (Å²) in [6.07, 6.45) is 1.82. The summed E-state index contributed by atoms with van der Waals surface area (Å²) in [6, 6.07) is 0.351. The van der Waals surface area contributed by atoms with E-state index >= 15 is 0 Å². The van der Waals surface area contributed by atoms with Crippen LogP contribution in [0, 0.1) is 36.5 Å². The second-order valence-corrected chi connectivity index (χ2v) is 17.7. The fourth-order valence-electron chi connectivity index (χ4n) is 8.91. The maximum atomic E-state index is 14.5. The number of benzene rings is 2. The number of aliphatic hydroxyl groups excluding tert-OH is 2. The minimum absolute atomic E-state index is 0.0770. The number of piperazine rings is 1. The second-order valence-electron chi connectivity index (χ2n) is 17.7. The lowest BCUT2D eigenvalue weighted by Gasteiger charge is -2.38. The van der Waals surface area contributed by atoms with Gasteiger partial charge in [-0.3, -0.25) is 24.3 Å². The number of phenols is 3. The van der Waals surface area contributed by atoms with E-state index in [9.17, 15) is 39.9 Å². The number of esters is 1. The Morgan fingerprint density at radius 1 is 0.951 bits per heavy atom. The van der Waals surface area contributed by atoms with Crippen LogP contribution in [0.4, 0.5) is 5.69 Å². The average Bonchev–Trinajstić information content (AvgIpc) is 3.49. The van der Waals surface area contributed by atoms with Gasteiger partial charge in [0.1, 0.15) is 23.4 Å². The quantitative estimate of drug-likeness (QED) is 0.0958. The maximum absolute atomic E-state index is 14.5. The summed E-state index contributed by atoms with van der Waals surface area (Å²) >= 11 is 0. The maximum Gasteiger partial charge on any atom is 0.312 e. The molecule has 61 heavy (non-hydrogen) atoms. The van der Waals surface area contributed by atoms with E-state index in [1.54, 1.807) is 27.7 Å². The smallest absolute Gasteiger partial charge is 0.312 e. The molecule has 338 valence electrons. The number of carbonyl (C=O) groups excluding carboxylic acids is 3. The third-order valence-corrected chi connectivity index (χ3v) is 13.1. The summed E-state index contributed by atoms with van der Waals surface area (Å²) in [5.41, 5.74) is -0.365. The van der Waals surface area contributed by atoms with Gasteiger partial charge >= 0.3 is 11.8 Å². The van der Waals surface area contributed by atoms with Crippen LogP contribution < -0.4 is 10.1 Å². The van der Waals surface area contributed by atoms with Gasteiger partial charge in [-0.2, -0.15) is 5.10 Å². The lowest BCUT2D eigenvalue weighted by molar-refractivity contribution is -0.160. The highest BCUT2D eigenvalue weighted by Gasteiger charge is 2.50. The molecule has 1 unspecified atom stereocenters. The Balaban J connectivity index is 1.65. The van der Waals surface area contributed by atoms with Gasteiger partial charge in [0.25, 0.3) is 5.78 Å². The van der Waals surface area contributed by atoms with Crippen molar-refractivity contribution in [2.45, 2.75) is 125 Å². The number of rotatable bonds is 5. The number of hydrogen-bond acceptors (Lipinski definition) is 15. The summed E-state index contributed by atoms with van der Waals surface area (Å²) in [6.45, 7) is 19.9. The molecule has 4 aliphatic rings. The zero-order chi connectivity index (χ0) is 45.2. The number of ketones is 1. The normalized spacial score (nSPS) is 31.7. The van der Waals surface area contributed by atoms with E-state index in [2.05, 4.69) is 29.2 Å². The number of nitrogens with zero attached hydrogens (tertiary/aromatic N) is 3. The molecule has 2 aromatic rings. The van der Waals surface area contributed by atoms with Crippen LogP contribution in [0.1, 0.15) is 103 Å². The van der Waals surface area contributed by atoms with Crippen molar-refractivity contribution >= 4 is 40.3 Å². The standard InChI is InChI=1S/C45H66N4O12/c1-22(2)48-16-18-49(19-17-48)46-21-30-35-40(55)33-32(39(30)54)34-42(28(8)38(33)53)61-45(10,43(34)56)59-20-15-31(58-11)25(5)41(60-29(9)50)27(7)37(52)26(6)36(51)23(3)13-12-14-24(4)44(57)47-35/h15,20-27,31,36-37,41,51-55H,12-14,16-19H2,1-11H3,(H,47,57)/b20-15+,46-21+/t23-,24?,25-,26-,27+,31+,36-,37+,41-,45+/m1/s1. The van der Waals surface area contributed by atoms with Crippen molar-refractivity contribution in [1.29, 1.82) is 0 Å². The van der Waals surface area contributed by atoms with Crippen LogP contribution in [-0.4, -0.2) is 129 Å². The summed E-state index contributed by atoms with van der Waals surface area (Å²) in [7, 11) is 1.45. The van der Waals surface area contributed by atoms with Gasteiger partial charge in [0.05, 0.1) is 53.0 Å². The molecule has 16 heteroatoms. The summed E-state index contributed by atoms with van der Waals surface area (Å²) in [5.74, 6) is -8.24. The first kappa shape index (κ1) is 47.4. The van der Waals surface area contributed by atoms with Gasteiger partial charge in [-0.05, 0) is 45.6 Å². The first-order valence-electron chi connectivity index (χ1n) is 21.4. The molecule has 1 amide bonds. The molecule has 1 fully saturated rings. The van der Waals surface area contributed by atoms with Gasteiger partial charge in [0.2, 0.25) is 5.91 Å². The van der Waals surface area contributed by atoms with Crippen molar-refractivity contribution in [3.8, 4) is 23.0 Å². The molecule has 0 saturated carbocycles. The number of ether oxygens (including phenoxy) is 4. The summed E-state index contributed by atoms with van der Waals surface area (Å²) < 4.78 is 23.7. The molecule has 16 nitrogen and oxygen atoms in total. The van der Waals surface area contributed by atoms with Crippen LogP contribution in [0.25, 0.3) is 10.8 Å². The Morgan fingerprint density at radius 2 is 1.61 bits per heavy atom. The van der Waals surface area contributed by atoms with Gasteiger partial charge in [0, 0.05) is 87.8 Å². The zero-order valence-electron chi connectivity index (χ0n) is 37.4. The molecular weight excluding hydrogens is 789 g/mol. The van der Waals surface area contributed by atoms with Gasteiger partial charge < -0.3 is 49.8 Å². The molecule has 4 aliphatic heterocycles. The molecular formula is C45H66N4O12. The number of carbonyl (C=O) groups is 3. The van der Waals surface area contributed by atoms with E-state index in [1.807, 2.05) is 11.9 Å². The Kier molecular flexibility index (Phi) is 14.9. The van der Waals surface area contributed by atoms with Crippen molar-refractivity contribution in [1.82, 2.24) is 9.91 Å². The minimum Gasteiger partial charge on any atom is -0.507 e. The summed E-state index contributed by atoms with van der Waals surface area (Å²) in [4.78, 5) is 43.1. The van der Waals surface area contributed by atoms with Gasteiger partial charge in [0.15, 0.2) is 5.75 Å². The van der Waals surface area contributed by atoms with Crippen molar-refractivity contribution in [3.63, 3.8) is 0 Å². The highest BCUT2D eigenvalue weighted by Crippen LogP contribution is 2.55. The van der Waals surface area contributed by atoms with Crippen molar-refractivity contribution in [2.24, 2.45) is 34.7 Å². The molecule has 4 heterocycles. The molecule has 1 saturated heterocycles. The van der Waals surface area contributed by atoms with Crippen LogP contribution in [0.5, 0.6) is 23.0 Å². The minimum atomic E-state index is -2.03. The zero-order valence-corrected chi connectivity index (χ0v) is 37.4. The highest BCUT2D eigenvalue weighted by molar-refractivity contribution is 6.23. The molecule has 0 spiro atoms. The Morgan fingerprint density at radius 3 is 2.21 bits per heavy atom. The number of anilines is 1. The predicted molar refractivity (Wildman–Crippen MR) is 230 cm³/mol. The number of amides is 1. The number of aliphatic hydroxyl groups is 2. The molecule has 0 radical (unpaired) electrons. The number of methoxy groups -OCH3 is 1. The Bertz CT molecular complexity index is 2010. The largest absolute Gasteiger partial charge is 0.507 e. The van der Waals surface area contributed by atoms with Crippen molar-refractivity contribution < 1.29 is 58.9 Å². The number of hydrazone groups is 1.